The lowest BCUT2D eigenvalue weighted by Crippen LogP contribution is -2.03. The van der Waals surface area contributed by atoms with Gasteiger partial charge in [-0.15, -0.1) is 0 Å². The molecule has 0 saturated heterocycles. The van der Waals surface area contributed by atoms with Crippen LogP contribution in [0.25, 0.3) is 10.9 Å². The zero-order chi connectivity index (χ0) is 13.9. The number of anilines is 2. The molecule has 0 atom stereocenters. The van der Waals surface area contributed by atoms with Crippen molar-refractivity contribution >= 4 is 34.0 Å². The largest absolute Gasteiger partial charge is 0.397 e. The minimum Gasteiger partial charge on any atom is -0.397 e. The van der Waals surface area contributed by atoms with E-state index in [2.05, 4.69) is 15.3 Å². The highest BCUT2D eigenvalue weighted by Crippen LogP contribution is 2.23. The van der Waals surface area contributed by atoms with Gasteiger partial charge in [0.25, 0.3) is 0 Å². The van der Waals surface area contributed by atoms with Crippen molar-refractivity contribution in [1.29, 1.82) is 0 Å². The van der Waals surface area contributed by atoms with Crippen molar-refractivity contribution < 1.29 is 0 Å². The standard InChI is InChI=1S/C15H13ClN4/c16-13-7-12(17)9-20-15(13)19-8-11-4-1-3-10-5-2-6-18-14(10)11/h1-7,9H,8,17H2,(H,19,20). The Morgan fingerprint density at radius 1 is 1.15 bits per heavy atom. The van der Waals surface area contributed by atoms with E-state index in [1.807, 2.05) is 30.3 Å². The Morgan fingerprint density at radius 2 is 2.00 bits per heavy atom. The fourth-order valence-corrected chi connectivity index (χ4v) is 2.31. The first-order chi connectivity index (χ1) is 9.74. The van der Waals surface area contributed by atoms with Gasteiger partial charge in [0.05, 0.1) is 22.4 Å². The van der Waals surface area contributed by atoms with Gasteiger partial charge < -0.3 is 11.1 Å². The van der Waals surface area contributed by atoms with Crippen molar-refractivity contribution in [2.75, 3.05) is 11.1 Å². The van der Waals surface area contributed by atoms with Gasteiger partial charge in [-0.1, -0.05) is 35.9 Å². The lowest BCUT2D eigenvalue weighted by atomic mass is 10.1. The van der Waals surface area contributed by atoms with Crippen molar-refractivity contribution in [3.8, 4) is 0 Å². The highest BCUT2D eigenvalue weighted by atomic mass is 35.5. The number of benzene rings is 1. The van der Waals surface area contributed by atoms with Gasteiger partial charge in [-0.05, 0) is 17.7 Å². The van der Waals surface area contributed by atoms with Crippen LogP contribution in [0.5, 0.6) is 0 Å². The maximum absolute atomic E-state index is 6.09. The Kier molecular flexibility index (Phi) is 3.39. The molecule has 2 aromatic heterocycles. The number of halogens is 1. The summed E-state index contributed by atoms with van der Waals surface area (Å²) in [4.78, 5) is 8.60. The van der Waals surface area contributed by atoms with E-state index in [1.165, 1.54) is 0 Å². The van der Waals surface area contributed by atoms with Crippen LogP contribution in [0.2, 0.25) is 5.02 Å². The summed E-state index contributed by atoms with van der Waals surface area (Å²) >= 11 is 6.09. The van der Waals surface area contributed by atoms with Crippen LogP contribution in [0.15, 0.2) is 48.8 Å². The van der Waals surface area contributed by atoms with Crippen LogP contribution in [0.3, 0.4) is 0 Å². The Labute approximate surface area is 121 Å². The Morgan fingerprint density at radius 3 is 2.85 bits per heavy atom. The summed E-state index contributed by atoms with van der Waals surface area (Å²) in [5, 5.41) is 4.84. The molecular formula is C15H13ClN4. The van der Waals surface area contributed by atoms with Crippen LogP contribution in [-0.2, 0) is 6.54 Å². The SMILES string of the molecule is Nc1cnc(NCc2cccc3cccnc23)c(Cl)c1. The molecule has 3 aromatic rings. The molecule has 0 radical (unpaired) electrons. The summed E-state index contributed by atoms with van der Waals surface area (Å²) in [6.07, 6.45) is 3.37. The second kappa shape index (κ2) is 5.35. The predicted molar refractivity (Wildman–Crippen MR) is 82.7 cm³/mol. The number of nitrogens with zero attached hydrogens (tertiary/aromatic N) is 2. The molecule has 5 heteroatoms. The first kappa shape index (κ1) is 12.7. The zero-order valence-electron chi connectivity index (χ0n) is 10.7. The molecule has 4 nitrogen and oxygen atoms in total. The average Bonchev–Trinajstić information content (AvgIpc) is 2.46. The minimum atomic E-state index is 0.512. The van der Waals surface area contributed by atoms with Crippen molar-refractivity contribution in [1.82, 2.24) is 9.97 Å². The first-order valence-electron chi connectivity index (χ1n) is 6.21. The molecule has 0 fully saturated rings. The number of pyridine rings is 2. The van der Waals surface area contributed by atoms with Gasteiger partial charge in [0.1, 0.15) is 5.82 Å². The van der Waals surface area contributed by atoms with Crippen molar-refractivity contribution in [2.24, 2.45) is 0 Å². The second-order valence-corrected chi connectivity index (χ2v) is 4.85. The third-order valence-electron chi connectivity index (χ3n) is 3.02. The molecule has 0 aliphatic rings. The number of fused-ring (bicyclic) bond motifs is 1. The average molecular weight is 285 g/mol. The molecule has 0 bridgehead atoms. The molecule has 100 valence electrons. The van der Waals surface area contributed by atoms with Crippen molar-refractivity contribution in [3.63, 3.8) is 0 Å². The molecule has 20 heavy (non-hydrogen) atoms. The smallest absolute Gasteiger partial charge is 0.145 e. The lowest BCUT2D eigenvalue weighted by molar-refractivity contribution is 1.12. The van der Waals surface area contributed by atoms with E-state index in [0.717, 1.165) is 16.5 Å². The molecule has 1 aromatic carbocycles. The van der Waals surface area contributed by atoms with Crippen molar-refractivity contribution in [3.05, 3.63) is 59.4 Å². The highest BCUT2D eigenvalue weighted by molar-refractivity contribution is 6.33. The third-order valence-corrected chi connectivity index (χ3v) is 3.31. The number of nitrogen functional groups attached to an aromatic ring is 1. The molecule has 0 amide bonds. The molecule has 3 rings (SSSR count). The zero-order valence-corrected chi connectivity index (χ0v) is 11.4. The van der Waals surface area contributed by atoms with Crippen LogP contribution in [0.4, 0.5) is 11.5 Å². The van der Waals surface area contributed by atoms with E-state index in [1.54, 1.807) is 18.5 Å². The topological polar surface area (TPSA) is 63.8 Å². The van der Waals surface area contributed by atoms with Gasteiger partial charge in [0.2, 0.25) is 0 Å². The normalized spacial score (nSPS) is 10.7. The molecule has 3 N–H and O–H groups in total. The van der Waals surface area contributed by atoms with Crippen LogP contribution < -0.4 is 11.1 Å². The van der Waals surface area contributed by atoms with Crippen LogP contribution in [0.1, 0.15) is 5.56 Å². The van der Waals surface area contributed by atoms with Crippen molar-refractivity contribution in [2.45, 2.75) is 6.54 Å². The Bertz CT molecular complexity index is 752. The molecule has 0 aliphatic carbocycles. The summed E-state index contributed by atoms with van der Waals surface area (Å²) in [6.45, 7) is 0.602. The lowest BCUT2D eigenvalue weighted by Gasteiger charge is -2.09. The summed E-state index contributed by atoms with van der Waals surface area (Å²) in [5.74, 6) is 0.619. The van der Waals surface area contributed by atoms with Gasteiger partial charge in [-0.3, -0.25) is 4.98 Å². The molecule has 0 spiro atoms. The van der Waals surface area contributed by atoms with E-state index in [0.29, 0.717) is 23.1 Å². The van der Waals surface area contributed by atoms with Gasteiger partial charge in [-0.25, -0.2) is 4.98 Å². The third kappa shape index (κ3) is 2.51. The summed E-state index contributed by atoms with van der Waals surface area (Å²) in [7, 11) is 0. The second-order valence-electron chi connectivity index (χ2n) is 4.44. The first-order valence-corrected chi connectivity index (χ1v) is 6.59. The van der Waals surface area contributed by atoms with Gasteiger partial charge in [0.15, 0.2) is 0 Å². The van der Waals surface area contributed by atoms with E-state index in [4.69, 9.17) is 17.3 Å². The Hall–Kier alpha value is -2.33. The summed E-state index contributed by atoms with van der Waals surface area (Å²) in [5.41, 5.74) is 8.25. The Balaban J connectivity index is 1.87. The maximum Gasteiger partial charge on any atom is 0.145 e. The van der Waals surface area contributed by atoms with Crippen LogP contribution in [0, 0.1) is 0 Å². The van der Waals surface area contributed by atoms with E-state index < -0.39 is 0 Å². The quantitative estimate of drug-likeness (QED) is 0.773. The highest BCUT2D eigenvalue weighted by Gasteiger charge is 2.05. The van der Waals surface area contributed by atoms with E-state index in [-0.39, 0.29) is 0 Å². The maximum atomic E-state index is 6.09. The molecule has 0 saturated carbocycles. The van der Waals surface area contributed by atoms with Crippen LogP contribution in [-0.4, -0.2) is 9.97 Å². The van der Waals surface area contributed by atoms with Gasteiger partial charge >= 0.3 is 0 Å². The van der Waals surface area contributed by atoms with E-state index >= 15 is 0 Å². The molecule has 0 unspecified atom stereocenters. The number of hydrogen-bond acceptors (Lipinski definition) is 4. The number of para-hydroxylation sites is 1. The predicted octanol–water partition coefficient (Wildman–Crippen LogP) is 3.48. The minimum absolute atomic E-state index is 0.512. The molecular weight excluding hydrogens is 272 g/mol. The number of nitrogens with two attached hydrogens (primary N) is 1. The summed E-state index contributed by atoms with van der Waals surface area (Å²) in [6, 6.07) is 11.7. The summed E-state index contributed by atoms with van der Waals surface area (Å²) < 4.78 is 0. The monoisotopic (exact) mass is 284 g/mol. The van der Waals surface area contributed by atoms with E-state index in [9.17, 15) is 0 Å². The van der Waals surface area contributed by atoms with Crippen LogP contribution >= 0.6 is 11.6 Å². The number of nitrogens with one attached hydrogen (secondary N) is 1. The number of hydrogen-bond donors (Lipinski definition) is 2. The fraction of sp³-hybridized carbons (Fsp3) is 0.0667. The fourth-order valence-electron chi connectivity index (χ4n) is 2.07. The number of rotatable bonds is 3. The number of aromatic nitrogens is 2. The molecule has 2 heterocycles. The molecule has 0 aliphatic heterocycles. The van der Waals surface area contributed by atoms with Gasteiger partial charge in [0, 0.05) is 18.1 Å². The van der Waals surface area contributed by atoms with Gasteiger partial charge in [-0.2, -0.15) is 0 Å².